The van der Waals surface area contributed by atoms with E-state index in [1.54, 1.807) is 6.07 Å². The van der Waals surface area contributed by atoms with E-state index in [0.29, 0.717) is 12.8 Å². The molecule has 1 aromatic carbocycles. The van der Waals surface area contributed by atoms with Gasteiger partial charge in [0.1, 0.15) is 0 Å². The zero-order chi connectivity index (χ0) is 16.4. The summed E-state index contributed by atoms with van der Waals surface area (Å²) in [6.07, 6.45) is 1.14. The SMILES string of the molecule is CC(C)c1cc(C(=O)N[C@@H](c2ccccc2)C2CC(O)C2)on1. The predicted octanol–water partition coefficient (Wildman–Crippen LogP) is 3.04. The molecule has 0 aliphatic heterocycles. The van der Waals surface area contributed by atoms with E-state index in [9.17, 15) is 9.90 Å². The lowest BCUT2D eigenvalue weighted by atomic mass is 9.75. The van der Waals surface area contributed by atoms with Crippen LogP contribution >= 0.6 is 0 Å². The van der Waals surface area contributed by atoms with Gasteiger partial charge in [-0.05, 0) is 30.2 Å². The maximum absolute atomic E-state index is 12.5. The third-order valence-electron chi connectivity index (χ3n) is 4.41. The number of aliphatic hydroxyl groups excluding tert-OH is 1. The van der Waals surface area contributed by atoms with E-state index in [0.717, 1.165) is 11.3 Å². The van der Waals surface area contributed by atoms with Crippen LogP contribution in [0, 0.1) is 5.92 Å². The Bertz CT molecular complexity index is 660. The lowest BCUT2D eigenvalue weighted by Gasteiger charge is -2.38. The zero-order valence-electron chi connectivity index (χ0n) is 13.4. The average Bonchev–Trinajstić information content (AvgIpc) is 3.01. The summed E-state index contributed by atoms with van der Waals surface area (Å²) in [4.78, 5) is 12.5. The van der Waals surface area contributed by atoms with Crippen LogP contribution in [0.15, 0.2) is 40.9 Å². The van der Waals surface area contributed by atoms with Crippen molar-refractivity contribution in [1.82, 2.24) is 10.5 Å². The Hall–Kier alpha value is -2.14. The molecule has 1 aromatic heterocycles. The summed E-state index contributed by atoms with van der Waals surface area (Å²) in [5.41, 5.74) is 1.81. The quantitative estimate of drug-likeness (QED) is 0.889. The molecular weight excluding hydrogens is 292 g/mol. The second-order valence-electron chi connectivity index (χ2n) is 6.52. The summed E-state index contributed by atoms with van der Waals surface area (Å²) in [6.45, 7) is 4.00. The Kier molecular flexibility index (Phi) is 4.48. The third-order valence-corrected chi connectivity index (χ3v) is 4.41. The van der Waals surface area contributed by atoms with Gasteiger partial charge in [-0.2, -0.15) is 0 Å². The first-order valence-electron chi connectivity index (χ1n) is 8.05. The van der Waals surface area contributed by atoms with E-state index in [1.807, 2.05) is 44.2 Å². The van der Waals surface area contributed by atoms with Gasteiger partial charge in [0, 0.05) is 6.07 Å². The van der Waals surface area contributed by atoms with E-state index in [4.69, 9.17) is 4.52 Å². The number of amides is 1. The molecule has 5 heteroatoms. The van der Waals surface area contributed by atoms with Gasteiger partial charge in [0.15, 0.2) is 0 Å². The number of hydrogen-bond donors (Lipinski definition) is 2. The summed E-state index contributed by atoms with van der Waals surface area (Å²) < 4.78 is 5.17. The van der Waals surface area contributed by atoms with Crippen molar-refractivity contribution in [3.63, 3.8) is 0 Å². The van der Waals surface area contributed by atoms with Crippen molar-refractivity contribution in [1.29, 1.82) is 0 Å². The molecule has 0 radical (unpaired) electrons. The van der Waals surface area contributed by atoms with E-state index in [1.165, 1.54) is 0 Å². The van der Waals surface area contributed by atoms with Gasteiger partial charge in [0.2, 0.25) is 5.76 Å². The molecule has 122 valence electrons. The monoisotopic (exact) mass is 314 g/mol. The first kappa shape index (κ1) is 15.7. The van der Waals surface area contributed by atoms with Gasteiger partial charge >= 0.3 is 0 Å². The highest BCUT2D eigenvalue weighted by Crippen LogP contribution is 2.38. The van der Waals surface area contributed by atoms with E-state index in [2.05, 4.69) is 10.5 Å². The van der Waals surface area contributed by atoms with Crippen molar-refractivity contribution in [3.8, 4) is 0 Å². The molecule has 3 rings (SSSR count). The summed E-state index contributed by atoms with van der Waals surface area (Å²) in [5, 5.41) is 16.6. The van der Waals surface area contributed by atoms with E-state index in [-0.39, 0.29) is 35.6 Å². The van der Waals surface area contributed by atoms with Gasteiger partial charge in [-0.15, -0.1) is 0 Å². The molecule has 0 bridgehead atoms. The fraction of sp³-hybridized carbons (Fsp3) is 0.444. The molecule has 5 nitrogen and oxygen atoms in total. The summed E-state index contributed by atoms with van der Waals surface area (Å²) >= 11 is 0. The summed E-state index contributed by atoms with van der Waals surface area (Å²) in [7, 11) is 0. The largest absolute Gasteiger partial charge is 0.393 e. The van der Waals surface area contributed by atoms with E-state index < -0.39 is 0 Å². The highest BCUT2D eigenvalue weighted by Gasteiger charge is 2.36. The number of nitrogens with one attached hydrogen (secondary N) is 1. The number of carbonyl (C=O) groups is 1. The van der Waals surface area contributed by atoms with Gasteiger partial charge in [-0.3, -0.25) is 4.79 Å². The molecular formula is C18H22N2O3. The number of hydrogen-bond acceptors (Lipinski definition) is 4. The van der Waals surface area contributed by atoms with Gasteiger partial charge < -0.3 is 14.9 Å². The molecule has 1 atom stereocenters. The van der Waals surface area contributed by atoms with Crippen molar-refractivity contribution in [2.45, 2.75) is 44.8 Å². The van der Waals surface area contributed by atoms with Crippen LogP contribution in [-0.4, -0.2) is 22.3 Å². The predicted molar refractivity (Wildman–Crippen MR) is 86.0 cm³/mol. The normalized spacial score (nSPS) is 21.7. The maximum atomic E-state index is 12.5. The number of aliphatic hydroxyl groups is 1. The first-order valence-corrected chi connectivity index (χ1v) is 8.05. The van der Waals surface area contributed by atoms with Crippen molar-refractivity contribution >= 4 is 5.91 Å². The molecule has 1 fully saturated rings. The van der Waals surface area contributed by atoms with Gasteiger partial charge in [0.25, 0.3) is 5.91 Å². The summed E-state index contributed by atoms with van der Waals surface area (Å²) in [5.74, 6) is 0.421. The lowest BCUT2D eigenvalue weighted by molar-refractivity contribution is 0.0231. The Morgan fingerprint density at radius 2 is 2.00 bits per heavy atom. The topological polar surface area (TPSA) is 75.4 Å². The van der Waals surface area contributed by atoms with Crippen molar-refractivity contribution < 1.29 is 14.4 Å². The molecule has 2 N–H and O–H groups in total. The molecule has 0 spiro atoms. The minimum Gasteiger partial charge on any atom is -0.393 e. The zero-order valence-corrected chi connectivity index (χ0v) is 13.4. The van der Waals surface area contributed by atoms with Crippen LogP contribution in [0.1, 0.15) is 60.5 Å². The van der Waals surface area contributed by atoms with Crippen LogP contribution in [0.4, 0.5) is 0 Å². The van der Waals surface area contributed by atoms with Crippen LogP contribution in [0.2, 0.25) is 0 Å². The minimum absolute atomic E-state index is 0.125. The van der Waals surface area contributed by atoms with E-state index >= 15 is 0 Å². The Balaban J connectivity index is 1.76. The average molecular weight is 314 g/mol. The second kappa shape index (κ2) is 6.54. The van der Waals surface area contributed by atoms with Gasteiger partial charge in [-0.1, -0.05) is 49.3 Å². The Morgan fingerprint density at radius 3 is 2.57 bits per heavy atom. The number of rotatable bonds is 5. The maximum Gasteiger partial charge on any atom is 0.290 e. The van der Waals surface area contributed by atoms with Crippen LogP contribution < -0.4 is 5.32 Å². The molecule has 1 aliphatic rings. The smallest absolute Gasteiger partial charge is 0.290 e. The molecule has 2 aromatic rings. The lowest BCUT2D eigenvalue weighted by Crippen LogP contribution is -2.41. The fourth-order valence-electron chi connectivity index (χ4n) is 2.92. The first-order chi connectivity index (χ1) is 11.0. The number of benzene rings is 1. The Morgan fingerprint density at radius 1 is 1.30 bits per heavy atom. The third kappa shape index (κ3) is 3.45. The van der Waals surface area contributed by atoms with Gasteiger partial charge in [-0.25, -0.2) is 0 Å². The molecule has 23 heavy (non-hydrogen) atoms. The van der Waals surface area contributed by atoms with Crippen molar-refractivity contribution in [3.05, 3.63) is 53.4 Å². The fourth-order valence-corrected chi connectivity index (χ4v) is 2.92. The highest BCUT2D eigenvalue weighted by molar-refractivity contribution is 5.91. The number of carbonyl (C=O) groups excluding carboxylic acids is 1. The molecule has 0 unspecified atom stereocenters. The van der Waals surface area contributed by atoms with Crippen molar-refractivity contribution in [2.75, 3.05) is 0 Å². The molecule has 1 amide bonds. The Labute approximate surface area is 135 Å². The van der Waals surface area contributed by atoms with Crippen LogP contribution in [0.5, 0.6) is 0 Å². The second-order valence-corrected chi connectivity index (χ2v) is 6.52. The van der Waals surface area contributed by atoms with Gasteiger partial charge in [0.05, 0.1) is 17.8 Å². The molecule has 1 aliphatic carbocycles. The molecule has 1 saturated carbocycles. The number of aromatic nitrogens is 1. The minimum atomic E-state index is -0.264. The molecule has 1 heterocycles. The number of nitrogens with zero attached hydrogens (tertiary/aromatic N) is 1. The van der Waals surface area contributed by atoms with Crippen molar-refractivity contribution in [2.24, 2.45) is 5.92 Å². The highest BCUT2D eigenvalue weighted by atomic mass is 16.5. The standard InChI is InChI=1S/C18H22N2O3/c1-11(2)15-10-16(23-20-15)18(22)19-17(13-8-14(21)9-13)12-6-4-3-5-7-12/h3-7,10-11,13-14,17,21H,8-9H2,1-2H3,(H,19,22)/t13?,14?,17-/m0/s1. The van der Waals surface area contributed by atoms with Crippen LogP contribution in [0.3, 0.4) is 0 Å². The van der Waals surface area contributed by atoms with Crippen LogP contribution in [0.25, 0.3) is 0 Å². The molecule has 0 saturated heterocycles. The summed E-state index contributed by atoms with van der Waals surface area (Å²) in [6, 6.07) is 11.4. The van der Waals surface area contributed by atoms with Crippen LogP contribution in [-0.2, 0) is 0 Å².